The molecule has 34 heavy (non-hydrogen) atoms. The molecular formula is C24H29ClN2O7. The van der Waals surface area contributed by atoms with E-state index in [-0.39, 0.29) is 11.8 Å². The average molecular weight is 493 g/mol. The Morgan fingerprint density at radius 1 is 0.971 bits per heavy atom. The number of nitrogens with zero attached hydrogens (tertiary/aromatic N) is 1. The lowest BCUT2D eigenvalue weighted by atomic mass is 9.95. The van der Waals surface area contributed by atoms with Crippen LogP contribution >= 0.6 is 11.6 Å². The molecule has 0 atom stereocenters. The van der Waals surface area contributed by atoms with Crippen molar-refractivity contribution in [1.82, 2.24) is 10.2 Å². The number of hydrogen-bond acceptors (Lipinski definition) is 6. The van der Waals surface area contributed by atoms with E-state index in [4.69, 9.17) is 40.9 Å². The minimum atomic E-state index is -1.82. The first-order valence-electron chi connectivity index (χ1n) is 10.7. The number of rotatable bonds is 7. The first-order chi connectivity index (χ1) is 16.3. The molecule has 0 aliphatic carbocycles. The number of carboxylic acid groups (broad SMARTS) is 2. The van der Waals surface area contributed by atoms with Crippen LogP contribution in [0.15, 0.2) is 42.5 Å². The lowest BCUT2D eigenvalue weighted by Gasteiger charge is -2.31. The van der Waals surface area contributed by atoms with E-state index >= 15 is 0 Å². The molecule has 1 aliphatic heterocycles. The van der Waals surface area contributed by atoms with Crippen molar-refractivity contribution in [2.24, 2.45) is 5.92 Å². The first-order valence-corrected chi connectivity index (χ1v) is 11.0. The molecule has 2 aromatic carbocycles. The Morgan fingerprint density at radius 2 is 1.59 bits per heavy atom. The number of amides is 1. The van der Waals surface area contributed by atoms with E-state index in [0.29, 0.717) is 11.6 Å². The van der Waals surface area contributed by atoms with Crippen LogP contribution in [-0.2, 0) is 27.5 Å². The van der Waals surface area contributed by atoms with Crippen molar-refractivity contribution in [3.8, 4) is 11.5 Å². The molecule has 1 saturated heterocycles. The number of carbonyl (C=O) groups is 3. The minimum absolute atomic E-state index is 0.0472. The molecule has 10 heteroatoms. The van der Waals surface area contributed by atoms with Crippen molar-refractivity contribution in [1.29, 1.82) is 0 Å². The predicted octanol–water partition coefficient (Wildman–Crippen LogP) is 3.04. The molecule has 1 heterocycles. The maximum Gasteiger partial charge on any atom is 0.414 e. The zero-order valence-corrected chi connectivity index (χ0v) is 19.9. The highest BCUT2D eigenvalue weighted by molar-refractivity contribution is 6.31. The number of ether oxygens (including phenoxy) is 2. The summed E-state index contributed by atoms with van der Waals surface area (Å²) in [6.07, 6.45) is 1.70. The van der Waals surface area contributed by atoms with Gasteiger partial charge in [0, 0.05) is 29.6 Å². The van der Waals surface area contributed by atoms with E-state index < -0.39 is 11.9 Å². The number of benzene rings is 2. The number of carboxylic acids is 2. The zero-order valence-electron chi connectivity index (χ0n) is 19.1. The fourth-order valence-corrected chi connectivity index (χ4v) is 3.84. The van der Waals surface area contributed by atoms with Gasteiger partial charge in [0.15, 0.2) is 11.5 Å². The van der Waals surface area contributed by atoms with Crippen molar-refractivity contribution in [3.05, 3.63) is 58.6 Å². The Hall–Kier alpha value is -3.30. The van der Waals surface area contributed by atoms with Crippen molar-refractivity contribution in [2.75, 3.05) is 27.3 Å². The Labute approximate surface area is 203 Å². The van der Waals surface area contributed by atoms with Crippen LogP contribution in [0.5, 0.6) is 11.5 Å². The van der Waals surface area contributed by atoms with E-state index in [1.807, 2.05) is 36.4 Å². The minimum Gasteiger partial charge on any atom is -0.493 e. The third-order valence-corrected chi connectivity index (χ3v) is 5.80. The summed E-state index contributed by atoms with van der Waals surface area (Å²) in [5.41, 5.74) is 2.04. The Bertz CT molecular complexity index is 979. The smallest absolute Gasteiger partial charge is 0.414 e. The van der Waals surface area contributed by atoms with E-state index in [9.17, 15) is 4.79 Å². The number of aliphatic carboxylic acids is 2. The quantitative estimate of drug-likeness (QED) is 0.503. The summed E-state index contributed by atoms with van der Waals surface area (Å²) < 4.78 is 10.9. The highest BCUT2D eigenvalue weighted by Gasteiger charge is 2.25. The summed E-state index contributed by atoms with van der Waals surface area (Å²) in [5, 5.41) is 18.5. The van der Waals surface area contributed by atoms with Gasteiger partial charge in [-0.1, -0.05) is 41.9 Å². The van der Waals surface area contributed by atoms with Crippen LogP contribution in [0.4, 0.5) is 0 Å². The summed E-state index contributed by atoms with van der Waals surface area (Å²) in [4.78, 5) is 33.1. The largest absolute Gasteiger partial charge is 0.493 e. The molecule has 0 saturated carbocycles. The number of likely N-dealkylation sites (tertiary alicyclic amines) is 1. The number of piperidine rings is 1. The average Bonchev–Trinajstić information content (AvgIpc) is 2.84. The summed E-state index contributed by atoms with van der Waals surface area (Å²) in [5.74, 6) is -1.96. The molecule has 1 fully saturated rings. The van der Waals surface area contributed by atoms with Gasteiger partial charge in [-0.15, -0.1) is 0 Å². The second-order valence-electron chi connectivity index (χ2n) is 7.62. The van der Waals surface area contributed by atoms with Crippen LogP contribution in [0, 0.1) is 5.92 Å². The third kappa shape index (κ3) is 7.93. The van der Waals surface area contributed by atoms with E-state index in [1.54, 1.807) is 14.2 Å². The van der Waals surface area contributed by atoms with Crippen LogP contribution in [0.25, 0.3) is 0 Å². The van der Waals surface area contributed by atoms with Gasteiger partial charge >= 0.3 is 11.9 Å². The molecule has 1 aliphatic rings. The predicted molar refractivity (Wildman–Crippen MR) is 126 cm³/mol. The molecule has 0 spiro atoms. The maximum absolute atomic E-state index is 12.5. The summed E-state index contributed by atoms with van der Waals surface area (Å²) >= 11 is 6.16. The van der Waals surface area contributed by atoms with Crippen LogP contribution in [0.1, 0.15) is 24.0 Å². The van der Waals surface area contributed by atoms with Crippen molar-refractivity contribution in [2.45, 2.75) is 25.9 Å². The fraction of sp³-hybridized carbons (Fsp3) is 0.375. The molecule has 3 N–H and O–H groups in total. The lowest BCUT2D eigenvalue weighted by molar-refractivity contribution is -0.159. The number of para-hydroxylation sites is 1. The highest BCUT2D eigenvalue weighted by Crippen LogP contribution is 2.32. The Kier molecular flexibility index (Phi) is 10.6. The van der Waals surface area contributed by atoms with Crippen LogP contribution in [0.3, 0.4) is 0 Å². The van der Waals surface area contributed by atoms with Crippen LogP contribution in [0.2, 0.25) is 5.02 Å². The maximum atomic E-state index is 12.5. The molecule has 0 radical (unpaired) electrons. The lowest BCUT2D eigenvalue weighted by Crippen LogP contribution is -2.40. The van der Waals surface area contributed by atoms with Gasteiger partial charge in [0.1, 0.15) is 0 Å². The van der Waals surface area contributed by atoms with Crippen LogP contribution < -0.4 is 14.8 Å². The number of carbonyl (C=O) groups excluding carboxylic acids is 1. The third-order valence-electron chi connectivity index (χ3n) is 5.43. The van der Waals surface area contributed by atoms with Gasteiger partial charge < -0.3 is 25.0 Å². The van der Waals surface area contributed by atoms with Crippen molar-refractivity contribution in [3.63, 3.8) is 0 Å². The normalized spacial score (nSPS) is 13.9. The second-order valence-corrected chi connectivity index (χ2v) is 8.03. The van der Waals surface area contributed by atoms with Crippen LogP contribution in [-0.4, -0.2) is 60.3 Å². The SMILES string of the molecule is COc1cccc(CN2CCC(C(=O)NCc3ccccc3Cl)CC2)c1OC.O=C(O)C(=O)O. The topological polar surface area (TPSA) is 125 Å². The van der Waals surface area contributed by atoms with Gasteiger partial charge in [-0.2, -0.15) is 0 Å². The summed E-state index contributed by atoms with van der Waals surface area (Å²) in [7, 11) is 3.31. The van der Waals surface area contributed by atoms with Crippen molar-refractivity contribution < 1.29 is 34.1 Å². The number of hydrogen-bond donors (Lipinski definition) is 3. The number of halogens is 1. The molecule has 0 aromatic heterocycles. The molecule has 0 unspecified atom stereocenters. The van der Waals surface area contributed by atoms with Gasteiger partial charge in [-0.3, -0.25) is 9.69 Å². The molecule has 1 amide bonds. The summed E-state index contributed by atoms with van der Waals surface area (Å²) in [6, 6.07) is 13.5. The molecule has 2 aromatic rings. The standard InChI is InChI=1S/C22H27ClN2O3.C2H2O4/c1-27-20-9-5-7-18(21(20)28-2)15-25-12-10-16(11-13-25)22(26)24-14-17-6-3-4-8-19(17)23;3-1(4)2(5)6/h3-9,16H,10-15H2,1-2H3,(H,24,26);(H,3,4)(H,5,6). The fourth-order valence-electron chi connectivity index (χ4n) is 3.64. The zero-order chi connectivity index (χ0) is 25.1. The van der Waals surface area contributed by atoms with Gasteiger partial charge in [0.25, 0.3) is 0 Å². The molecule has 3 rings (SSSR count). The van der Waals surface area contributed by atoms with Gasteiger partial charge in [-0.05, 0) is 43.6 Å². The molecule has 9 nitrogen and oxygen atoms in total. The summed E-state index contributed by atoms with van der Waals surface area (Å²) in [6.45, 7) is 3.02. The molecule has 184 valence electrons. The number of methoxy groups -OCH3 is 2. The highest BCUT2D eigenvalue weighted by atomic mass is 35.5. The van der Waals surface area contributed by atoms with E-state index in [2.05, 4.69) is 16.3 Å². The Balaban J connectivity index is 0.000000604. The first kappa shape index (κ1) is 26.9. The van der Waals surface area contributed by atoms with Gasteiger partial charge in [0.05, 0.1) is 14.2 Å². The monoisotopic (exact) mass is 492 g/mol. The number of nitrogens with one attached hydrogen (secondary N) is 1. The van der Waals surface area contributed by atoms with Gasteiger partial charge in [-0.25, -0.2) is 9.59 Å². The second kappa shape index (κ2) is 13.4. The van der Waals surface area contributed by atoms with Gasteiger partial charge in [0.2, 0.25) is 5.91 Å². The Morgan fingerprint density at radius 3 is 2.15 bits per heavy atom. The van der Waals surface area contributed by atoms with E-state index in [1.165, 1.54) is 0 Å². The van der Waals surface area contributed by atoms with Crippen molar-refractivity contribution >= 4 is 29.4 Å². The molecule has 0 bridgehead atoms. The van der Waals surface area contributed by atoms with E-state index in [0.717, 1.165) is 55.1 Å². The molecular weight excluding hydrogens is 464 g/mol.